The number of hydrogen-bond donors (Lipinski definition) is 1. The second-order valence-electron chi connectivity index (χ2n) is 11.1. The van der Waals surface area contributed by atoms with E-state index in [9.17, 15) is 9.59 Å². The number of aliphatic imine (C=N–C) groups is 1. The standard InChI is InChI=1S/C31H40N4O3.CH4.H2S/c1-34(24-8-4-2-5-9-24)30(37)19-18-29(22-12-14-25(36)15-13-22)35-21-23-20-27(16-17-28(23)33-31(35)32)38-26-10-6-3-7-11-26;;/h3,6-7,10-11,16-17,20,22,24,29H,2,4-5,8-9,12-15,18-19,21H2,1H3,(H2,32,33);1H4;1H2/t29-;;/m0../s1. The van der Waals surface area contributed by atoms with Crippen LogP contribution in [-0.2, 0) is 16.1 Å². The molecule has 0 radical (unpaired) electrons. The van der Waals surface area contributed by atoms with Crippen LogP contribution >= 0.6 is 13.5 Å². The SMILES string of the molecule is C.CN(C(=O)CC[C@@H](C1CCC(=O)CC1)N1Cc2cc(Oc3ccccc3)ccc2N=C1N)C1CCCCC1.S. The minimum absolute atomic E-state index is 0. The van der Waals surface area contributed by atoms with Crippen LogP contribution in [0.4, 0.5) is 5.69 Å². The smallest absolute Gasteiger partial charge is 0.222 e. The number of guanidine groups is 1. The molecular weight excluding hydrogens is 520 g/mol. The Hall–Kier alpha value is -3.00. The van der Waals surface area contributed by atoms with Crippen LogP contribution in [0.25, 0.3) is 0 Å². The molecule has 2 aliphatic carbocycles. The number of hydrogen-bond acceptors (Lipinski definition) is 6. The highest BCUT2D eigenvalue weighted by molar-refractivity contribution is 7.59. The summed E-state index contributed by atoms with van der Waals surface area (Å²) < 4.78 is 6.07. The first kappa shape index (κ1) is 31.5. The van der Waals surface area contributed by atoms with Crippen LogP contribution in [0, 0.1) is 5.92 Å². The molecule has 0 aromatic heterocycles. The van der Waals surface area contributed by atoms with Crippen LogP contribution < -0.4 is 10.5 Å². The summed E-state index contributed by atoms with van der Waals surface area (Å²) >= 11 is 0. The largest absolute Gasteiger partial charge is 0.457 e. The van der Waals surface area contributed by atoms with Crippen LogP contribution in [0.15, 0.2) is 53.5 Å². The molecule has 0 saturated heterocycles. The summed E-state index contributed by atoms with van der Waals surface area (Å²) in [4.78, 5) is 34.2. The second-order valence-corrected chi connectivity index (χ2v) is 11.1. The normalized spacial score (nSPS) is 18.5. The zero-order valence-corrected chi connectivity index (χ0v) is 24.0. The average molecular weight is 567 g/mol. The maximum atomic E-state index is 13.2. The third-order valence-corrected chi connectivity index (χ3v) is 8.60. The van der Waals surface area contributed by atoms with Gasteiger partial charge in [0.2, 0.25) is 5.91 Å². The van der Waals surface area contributed by atoms with Crippen molar-refractivity contribution >= 4 is 36.8 Å². The molecule has 1 heterocycles. The van der Waals surface area contributed by atoms with Crippen LogP contribution in [0.5, 0.6) is 11.5 Å². The fraction of sp³-hybridized carbons (Fsp3) is 0.531. The molecule has 3 aliphatic rings. The number of Topliss-reactive ketones (excluding diaryl/α,β-unsaturated/α-hetero) is 1. The van der Waals surface area contributed by atoms with Gasteiger partial charge in [0.1, 0.15) is 17.3 Å². The van der Waals surface area contributed by atoms with Gasteiger partial charge in [0.05, 0.1) is 5.69 Å². The van der Waals surface area contributed by atoms with E-state index in [0.717, 1.165) is 48.4 Å². The average Bonchev–Trinajstić information content (AvgIpc) is 2.95. The number of ether oxygens (including phenoxy) is 1. The summed E-state index contributed by atoms with van der Waals surface area (Å²) in [5.41, 5.74) is 8.46. The van der Waals surface area contributed by atoms with Crippen molar-refractivity contribution in [3.8, 4) is 11.5 Å². The van der Waals surface area contributed by atoms with E-state index >= 15 is 0 Å². The molecule has 1 amide bonds. The Kier molecular flexibility index (Phi) is 11.5. The fourth-order valence-electron chi connectivity index (χ4n) is 6.34. The molecular formula is C32H46N4O3S. The van der Waals surface area contributed by atoms with Gasteiger partial charge < -0.3 is 20.3 Å². The number of nitrogens with zero attached hydrogens (tertiary/aromatic N) is 3. The van der Waals surface area contributed by atoms with Crippen LogP contribution in [0.3, 0.4) is 0 Å². The van der Waals surface area contributed by atoms with Crippen LogP contribution in [-0.4, -0.2) is 46.6 Å². The highest BCUT2D eigenvalue weighted by atomic mass is 32.1. The second kappa shape index (κ2) is 14.6. The van der Waals surface area contributed by atoms with Crippen molar-refractivity contribution in [1.82, 2.24) is 9.80 Å². The first-order valence-electron chi connectivity index (χ1n) is 14.2. The van der Waals surface area contributed by atoms with Gasteiger partial charge in [-0.3, -0.25) is 9.59 Å². The van der Waals surface area contributed by atoms with Crippen LogP contribution in [0.1, 0.15) is 83.6 Å². The molecule has 2 fully saturated rings. The van der Waals surface area contributed by atoms with Gasteiger partial charge in [-0.25, -0.2) is 4.99 Å². The Labute approximate surface area is 246 Å². The monoisotopic (exact) mass is 566 g/mol. The molecule has 40 heavy (non-hydrogen) atoms. The van der Waals surface area contributed by atoms with Gasteiger partial charge in [0.15, 0.2) is 5.96 Å². The summed E-state index contributed by atoms with van der Waals surface area (Å²) in [7, 11) is 1.97. The first-order valence-corrected chi connectivity index (χ1v) is 14.2. The van der Waals surface area contributed by atoms with E-state index in [1.165, 1.54) is 19.3 Å². The molecule has 2 aromatic carbocycles. The molecule has 218 valence electrons. The van der Waals surface area contributed by atoms with Gasteiger partial charge in [0.25, 0.3) is 0 Å². The van der Waals surface area contributed by atoms with Gasteiger partial charge in [-0.15, -0.1) is 0 Å². The van der Waals surface area contributed by atoms with Crippen molar-refractivity contribution in [1.29, 1.82) is 0 Å². The molecule has 1 aliphatic heterocycles. The Morgan fingerprint density at radius 3 is 2.45 bits per heavy atom. The number of fused-ring (bicyclic) bond motifs is 1. The minimum Gasteiger partial charge on any atom is -0.457 e. The molecule has 5 rings (SSSR count). The quantitative estimate of drug-likeness (QED) is 0.385. The zero-order valence-electron chi connectivity index (χ0n) is 23.0. The van der Waals surface area contributed by atoms with Gasteiger partial charge in [0, 0.05) is 50.5 Å². The highest BCUT2D eigenvalue weighted by Crippen LogP contribution is 2.36. The number of para-hydroxylation sites is 1. The topological polar surface area (TPSA) is 88.2 Å². The number of carbonyl (C=O) groups is 2. The summed E-state index contributed by atoms with van der Waals surface area (Å²) in [6.07, 6.45) is 9.96. The Bertz CT molecular complexity index is 1160. The lowest BCUT2D eigenvalue weighted by Crippen LogP contribution is -2.50. The summed E-state index contributed by atoms with van der Waals surface area (Å²) in [6.45, 7) is 0.610. The maximum Gasteiger partial charge on any atom is 0.222 e. The van der Waals surface area contributed by atoms with Gasteiger partial charge in [-0.2, -0.15) is 13.5 Å². The van der Waals surface area contributed by atoms with Crippen molar-refractivity contribution in [2.45, 2.75) is 96.7 Å². The Morgan fingerprint density at radius 2 is 1.75 bits per heavy atom. The van der Waals surface area contributed by atoms with E-state index in [-0.39, 0.29) is 32.9 Å². The van der Waals surface area contributed by atoms with E-state index in [1.54, 1.807) is 0 Å². The maximum absolute atomic E-state index is 13.2. The molecule has 0 spiro atoms. The number of rotatable bonds is 8. The fourth-order valence-corrected chi connectivity index (χ4v) is 6.34. The van der Waals surface area contributed by atoms with E-state index in [0.29, 0.717) is 55.9 Å². The third-order valence-electron chi connectivity index (χ3n) is 8.60. The lowest BCUT2D eigenvalue weighted by atomic mass is 9.80. The molecule has 0 unspecified atom stereocenters. The van der Waals surface area contributed by atoms with Crippen molar-refractivity contribution in [2.75, 3.05) is 7.05 Å². The summed E-state index contributed by atoms with van der Waals surface area (Å²) in [5.74, 6) is 2.88. The van der Waals surface area contributed by atoms with E-state index in [1.807, 2.05) is 60.5 Å². The summed E-state index contributed by atoms with van der Waals surface area (Å²) in [5, 5.41) is 0. The van der Waals surface area contributed by atoms with Crippen molar-refractivity contribution < 1.29 is 14.3 Å². The molecule has 8 heteroatoms. The lowest BCUT2D eigenvalue weighted by molar-refractivity contribution is -0.133. The van der Waals surface area contributed by atoms with Crippen molar-refractivity contribution in [3.05, 3.63) is 54.1 Å². The number of amides is 1. The number of ketones is 1. The van der Waals surface area contributed by atoms with Crippen molar-refractivity contribution in [2.24, 2.45) is 16.6 Å². The first-order chi connectivity index (χ1) is 18.5. The molecule has 1 atom stereocenters. The van der Waals surface area contributed by atoms with Gasteiger partial charge in [-0.1, -0.05) is 44.9 Å². The van der Waals surface area contributed by atoms with E-state index in [4.69, 9.17) is 15.5 Å². The minimum atomic E-state index is 0. The van der Waals surface area contributed by atoms with E-state index in [2.05, 4.69) is 4.90 Å². The molecule has 2 N–H and O–H groups in total. The summed E-state index contributed by atoms with van der Waals surface area (Å²) in [6, 6.07) is 16.1. The third kappa shape index (κ3) is 7.59. The lowest BCUT2D eigenvalue weighted by Gasteiger charge is -2.41. The molecule has 2 saturated carbocycles. The highest BCUT2D eigenvalue weighted by Gasteiger charge is 2.34. The van der Waals surface area contributed by atoms with Crippen LogP contribution in [0.2, 0.25) is 0 Å². The number of nitrogens with two attached hydrogens (primary N) is 1. The predicted octanol–water partition coefficient (Wildman–Crippen LogP) is 6.69. The van der Waals surface area contributed by atoms with E-state index < -0.39 is 0 Å². The van der Waals surface area contributed by atoms with Gasteiger partial charge >= 0.3 is 0 Å². The number of benzene rings is 2. The Morgan fingerprint density at radius 1 is 1.05 bits per heavy atom. The number of carbonyl (C=O) groups excluding carboxylic acids is 2. The van der Waals surface area contributed by atoms with Crippen molar-refractivity contribution in [3.63, 3.8) is 0 Å². The molecule has 0 bridgehead atoms. The Balaban J connectivity index is 0.00000220. The zero-order chi connectivity index (χ0) is 26.5. The predicted molar refractivity (Wildman–Crippen MR) is 167 cm³/mol. The van der Waals surface area contributed by atoms with Gasteiger partial charge in [-0.05, 0) is 68.4 Å². The molecule has 2 aromatic rings. The molecule has 7 nitrogen and oxygen atoms in total.